The van der Waals surface area contributed by atoms with E-state index in [1.54, 1.807) is 4.68 Å². The number of hydrogen-bond acceptors (Lipinski definition) is 6. The van der Waals surface area contributed by atoms with Crippen molar-refractivity contribution in [2.24, 2.45) is 0 Å². The van der Waals surface area contributed by atoms with Crippen molar-refractivity contribution < 1.29 is 0 Å². The van der Waals surface area contributed by atoms with Crippen molar-refractivity contribution in [2.45, 2.75) is 26.2 Å². The van der Waals surface area contributed by atoms with Crippen molar-refractivity contribution in [1.82, 2.24) is 24.7 Å². The molecule has 0 aromatic carbocycles. The highest BCUT2D eigenvalue weighted by atomic mass is 15.5. The van der Waals surface area contributed by atoms with Crippen LogP contribution in [0.25, 0.3) is 5.82 Å². The normalized spacial score (nSPS) is 15.7. The molecule has 0 atom stereocenters. The van der Waals surface area contributed by atoms with Gasteiger partial charge in [-0.05, 0) is 26.2 Å². The summed E-state index contributed by atoms with van der Waals surface area (Å²) in [7, 11) is 0. The van der Waals surface area contributed by atoms with Crippen LogP contribution in [0.4, 0.5) is 11.9 Å². The Balaban J connectivity index is 1.92. The van der Waals surface area contributed by atoms with Crippen molar-refractivity contribution in [3.05, 3.63) is 18.1 Å². The van der Waals surface area contributed by atoms with E-state index in [-0.39, 0.29) is 0 Å². The predicted molar refractivity (Wildman–Crippen MR) is 72.2 cm³/mol. The van der Waals surface area contributed by atoms with E-state index in [1.165, 1.54) is 25.6 Å². The van der Waals surface area contributed by atoms with E-state index in [9.17, 15) is 0 Å². The zero-order valence-electron chi connectivity index (χ0n) is 11.0. The second-order valence-electron chi connectivity index (χ2n) is 4.75. The SMILES string of the molecule is Cc1cc(-n2nc(N3CCCCC3)nc2N)ncn1. The summed E-state index contributed by atoms with van der Waals surface area (Å²) in [6.45, 7) is 3.89. The number of nitrogen functional groups attached to an aromatic ring is 1. The molecule has 3 heterocycles. The summed E-state index contributed by atoms with van der Waals surface area (Å²) in [4.78, 5) is 14.8. The van der Waals surface area contributed by atoms with Gasteiger partial charge in [0, 0.05) is 24.8 Å². The molecule has 2 aromatic heterocycles. The lowest BCUT2D eigenvalue weighted by Gasteiger charge is -2.24. The molecule has 0 amide bonds. The summed E-state index contributed by atoms with van der Waals surface area (Å²) < 4.78 is 1.57. The Hall–Kier alpha value is -2.18. The van der Waals surface area contributed by atoms with E-state index < -0.39 is 0 Å². The molecule has 0 saturated carbocycles. The van der Waals surface area contributed by atoms with Crippen LogP contribution in [0, 0.1) is 6.92 Å². The molecule has 1 aliphatic rings. The Morgan fingerprint density at radius 1 is 1.16 bits per heavy atom. The third-order valence-corrected chi connectivity index (χ3v) is 3.27. The van der Waals surface area contributed by atoms with Crippen molar-refractivity contribution in [3.8, 4) is 5.82 Å². The van der Waals surface area contributed by atoms with Crippen LogP contribution in [0.2, 0.25) is 0 Å². The standard InChI is InChI=1S/C12H17N7/c1-9-7-10(15-8-14-9)19-11(13)16-12(17-19)18-5-3-2-4-6-18/h7-8H,2-6H2,1H3,(H2,13,16,17). The lowest BCUT2D eigenvalue weighted by molar-refractivity contribution is 0.567. The van der Waals surface area contributed by atoms with Crippen molar-refractivity contribution in [3.63, 3.8) is 0 Å². The predicted octanol–water partition coefficient (Wildman–Crippen LogP) is 0.938. The zero-order valence-corrected chi connectivity index (χ0v) is 11.0. The van der Waals surface area contributed by atoms with E-state index in [1.807, 2.05) is 13.0 Å². The Morgan fingerprint density at radius 2 is 1.95 bits per heavy atom. The molecular formula is C12H17N7. The summed E-state index contributed by atoms with van der Waals surface area (Å²) >= 11 is 0. The van der Waals surface area contributed by atoms with Crippen molar-refractivity contribution in [2.75, 3.05) is 23.7 Å². The highest BCUT2D eigenvalue weighted by molar-refractivity contribution is 5.40. The number of rotatable bonds is 2. The van der Waals surface area contributed by atoms with Gasteiger partial charge in [0.1, 0.15) is 6.33 Å². The minimum atomic E-state index is 0.360. The van der Waals surface area contributed by atoms with Crippen LogP contribution in [0.1, 0.15) is 25.0 Å². The van der Waals surface area contributed by atoms with E-state index in [4.69, 9.17) is 5.73 Å². The second kappa shape index (κ2) is 4.83. The highest BCUT2D eigenvalue weighted by Gasteiger charge is 2.18. The quantitative estimate of drug-likeness (QED) is 0.863. The molecule has 0 bridgehead atoms. The van der Waals surface area contributed by atoms with Gasteiger partial charge in [-0.1, -0.05) is 0 Å². The second-order valence-corrected chi connectivity index (χ2v) is 4.75. The average molecular weight is 259 g/mol. The minimum Gasteiger partial charge on any atom is -0.368 e. The number of aryl methyl sites for hydroxylation is 1. The molecule has 1 fully saturated rings. The van der Waals surface area contributed by atoms with E-state index >= 15 is 0 Å². The smallest absolute Gasteiger partial charge is 0.247 e. The number of aromatic nitrogens is 5. The number of piperidine rings is 1. The largest absolute Gasteiger partial charge is 0.368 e. The monoisotopic (exact) mass is 259 g/mol. The van der Waals surface area contributed by atoms with Crippen LogP contribution < -0.4 is 10.6 Å². The summed E-state index contributed by atoms with van der Waals surface area (Å²) in [5, 5.41) is 4.46. The molecule has 19 heavy (non-hydrogen) atoms. The summed E-state index contributed by atoms with van der Waals surface area (Å²) in [5.74, 6) is 1.70. The maximum absolute atomic E-state index is 5.93. The lowest BCUT2D eigenvalue weighted by Crippen LogP contribution is -2.30. The van der Waals surface area contributed by atoms with Gasteiger partial charge in [-0.3, -0.25) is 0 Å². The summed E-state index contributed by atoms with van der Waals surface area (Å²) in [6, 6.07) is 1.84. The first-order chi connectivity index (χ1) is 9.24. The van der Waals surface area contributed by atoms with Crippen LogP contribution in [0.3, 0.4) is 0 Å². The van der Waals surface area contributed by atoms with Crippen LogP contribution in [0.5, 0.6) is 0 Å². The zero-order chi connectivity index (χ0) is 13.2. The molecule has 2 aromatic rings. The van der Waals surface area contributed by atoms with Crippen LogP contribution in [0.15, 0.2) is 12.4 Å². The van der Waals surface area contributed by atoms with Crippen LogP contribution >= 0.6 is 0 Å². The molecule has 100 valence electrons. The fraction of sp³-hybridized carbons (Fsp3) is 0.500. The number of nitrogens with zero attached hydrogens (tertiary/aromatic N) is 6. The van der Waals surface area contributed by atoms with Gasteiger partial charge in [-0.2, -0.15) is 9.67 Å². The van der Waals surface area contributed by atoms with Gasteiger partial charge in [0.15, 0.2) is 5.82 Å². The maximum Gasteiger partial charge on any atom is 0.247 e. The van der Waals surface area contributed by atoms with Gasteiger partial charge in [-0.25, -0.2) is 9.97 Å². The van der Waals surface area contributed by atoms with Crippen LogP contribution in [-0.4, -0.2) is 37.8 Å². The van der Waals surface area contributed by atoms with Gasteiger partial charge >= 0.3 is 0 Å². The molecule has 3 rings (SSSR count). The number of anilines is 2. The van der Waals surface area contributed by atoms with E-state index in [0.29, 0.717) is 17.7 Å². The molecular weight excluding hydrogens is 242 g/mol. The van der Waals surface area contributed by atoms with Gasteiger partial charge in [-0.15, -0.1) is 5.10 Å². The van der Waals surface area contributed by atoms with Gasteiger partial charge in [0.05, 0.1) is 0 Å². The molecule has 0 unspecified atom stereocenters. The summed E-state index contributed by atoms with van der Waals surface area (Å²) in [5.41, 5.74) is 6.81. The fourth-order valence-electron chi connectivity index (χ4n) is 2.27. The molecule has 0 spiro atoms. The fourth-order valence-corrected chi connectivity index (χ4v) is 2.27. The Morgan fingerprint density at radius 3 is 2.68 bits per heavy atom. The van der Waals surface area contributed by atoms with Gasteiger partial charge < -0.3 is 10.6 Å². The highest BCUT2D eigenvalue weighted by Crippen LogP contribution is 2.19. The average Bonchev–Trinajstić information content (AvgIpc) is 2.82. The Kier molecular flexibility index (Phi) is 3.02. The molecule has 1 saturated heterocycles. The summed E-state index contributed by atoms with van der Waals surface area (Å²) in [6.07, 6.45) is 5.15. The Labute approximate surface area is 111 Å². The molecule has 7 nitrogen and oxygen atoms in total. The lowest BCUT2D eigenvalue weighted by atomic mass is 10.1. The topological polar surface area (TPSA) is 85.8 Å². The van der Waals surface area contributed by atoms with E-state index in [0.717, 1.165) is 18.8 Å². The first kappa shape index (κ1) is 11.9. The van der Waals surface area contributed by atoms with Gasteiger partial charge in [0.25, 0.3) is 0 Å². The number of hydrogen-bond donors (Lipinski definition) is 1. The first-order valence-corrected chi connectivity index (χ1v) is 6.50. The number of nitrogens with two attached hydrogens (primary N) is 1. The van der Waals surface area contributed by atoms with E-state index in [2.05, 4.69) is 25.0 Å². The third-order valence-electron chi connectivity index (χ3n) is 3.27. The molecule has 2 N–H and O–H groups in total. The molecule has 1 aliphatic heterocycles. The minimum absolute atomic E-state index is 0.360. The van der Waals surface area contributed by atoms with Crippen molar-refractivity contribution in [1.29, 1.82) is 0 Å². The molecule has 0 aliphatic carbocycles. The van der Waals surface area contributed by atoms with Crippen LogP contribution in [-0.2, 0) is 0 Å². The third kappa shape index (κ3) is 2.35. The Bertz CT molecular complexity index is 571. The van der Waals surface area contributed by atoms with Crippen molar-refractivity contribution >= 4 is 11.9 Å². The molecule has 0 radical (unpaired) electrons. The van der Waals surface area contributed by atoms with Gasteiger partial charge in [0.2, 0.25) is 11.9 Å². The molecule has 7 heteroatoms. The first-order valence-electron chi connectivity index (χ1n) is 6.50. The maximum atomic E-state index is 5.93.